The first-order chi connectivity index (χ1) is 19.1. The van der Waals surface area contributed by atoms with E-state index in [1.807, 2.05) is 0 Å². The fourth-order valence-corrected chi connectivity index (χ4v) is 6.56. The van der Waals surface area contributed by atoms with Crippen LogP contribution in [0.5, 0.6) is 0 Å². The van der Waals surface area contributed by atoms with E-state index < -0.39 is 29.3 Å². The summed E-state index contributed by atoms with van der Waals surface area (Å²) in [5, 5.41) is 2.93. The number of nitrogens with one attached hydrogen (secondary N) is 1. The molecule has 0 unspecified atom stereocenters. The predicted octanol–water partition coefficient (Wildman–Crippen LogP) is 5.03. The van der Waals surface area contributed by atoms with E-state index in [-0.39, 0.29) is 34.4 Å². The van der Waals surface area contributed by atoms with Crippen molar-refractivity contribution in [2.45, 2.75) is 62.8 Å². The highest BCUT2D eigenvalue weighted by molar-refractivity contribution is 6.30. The van der Waals surface area contributed by atoms with Crippen LogP contribution in [0.4, 0.5) is 18.9 Å². The van der Waals surface area contributed by atoms with Crippen molar-refractivity contribution in [1.82, 2.24) is 15.2 Å². The molecule has 0 bridgehead atoms. The van der Waals surface area contributed by atoms with Crippen LogP contribution in [0.3, 0.4) is 0 Å². The van der Waals surface area contributed by atoms with Gasteiger partial charge in [-0.15, -0.1) is 0 Å². The van der Waals surface area contributed by atoms with Gasteiger partial charge in [0, 0.05) is 38.3 Å². The Morgan fingerprint density at radius 3 is 2.45 bits per heavy atom. The number of benzene rings is 1. The summed E-state index contributed by atoms with van der Waals surface area (Å²) in [5.41, 5.74) is -0.308. The number of halogens is 4. The number of alkyl halides is 2. The molecule has 2 saturated carbocycles. The fraction of sp³-hybridized carbons (Fsp3) is 0.517. The maximum absolute atomic E-state index is 14.3. The lowest BCUT2D eigenvalue weighted by Gasteiger charge is -2.47. The summed E-state index contributed by atoms with van der Waals surface area (Å²) in [6.07, 6.45) is 3.51. The first kappa shape index (κ1) is 27.1. The zero-order valence-electron chi connectivity index (χ0n) is 21.8. The summed E-state index contributed by atoms with van der Waals surface area (Å²) < 4.78 is 41.0. The third-order valence-electron chi connectivity index (χ3n) is 8.81. The highest BCUT2D eigenvalue weighted by atomic mass is 35.5. The summed E-state index contributed by atoms with van der Waals surface area (Å²) in [4.78, 5) is 46.2. The van der Waals surface area contributed by atoms with Crippen LogP contribution >= 0.6 is 11.6 Å². The van der Waals surface area contributed by atoms with E-state index >= 15 is 0 Å². The molecule has 11 heteroatoms. The van der Waals surface area contributed by atoms with Crippen LogP contribution in [-0.4, -0.2) is 53.3 Å². The van der Waals surface area contributed by atoms with Gasteiger partial charge in [0.05, 0.1) is 16.3 Å². The quantitative estimate of drug-likeness (QED) is 0.503. The number of hydrogen-bond donors (Lipinski definition) is 1. The third kappa shape index (κ3) is 4.95. The molecular weight excluding hydrogens is 545 g/mol. The van der Waals surface area contributed by atoms with E-state index in [0.29, 0.717) is 63.3 Å². The number of nitrogens with zero attached hydrogens (tertiary/aromatic N) is 3. The molecule has 212 valence electrons. The topological polar surface area (TPSA) is 82.6 Å². The van der Waals surface area contributed by atoms with Gasteiger partial charge in [-0.3, -0.25) is 19.4 Å². The molecular formula is C29H30ClF3N4O3. The number of pyridine rings is 1. The molecule has 0 radical (unpaired) electrons. The average Bonchev–Trinajstić information content (AvgIpc) is 3.68. The Labute approximate surface area is 235 Å². The third-order valence-corrected chi connectivity index (χ3v) is 9.02. The van der Waals surface area contributed by atoms with Gasteiger partial charge >= 0.3 is 0 Å². The van der Waals surface area contributed by atoms with Crippen LogP contribution in [0.15, 0.2) is 30.5 Å². The van der Waals surface area contributed by atoms with E-state index in [4.69, 9.17) is 11.6 Å². The number of amides is 3. The molecule has 3 heterocycles. The number of carbonyl (C=O) groups excluding carboxylic acids is 3. The van der Waals surface area contributed by atoms with Crippen molar-refractivity contribution in [3.8, 4) is 0 Å². The molecule has 1 saturated heterocycles. The van der Waals surface area contributed by atoms with Crippen molar-refractivity contribution in [2.75, 3.05) is 24.5 Å². The SMILES string of the molecule is O=C(N[C@H]1CC[C@H](CN2C(=O)C3(CN(C(=O)CC4CC4)C3)c3ccc(F)cc32)CC1)c1cc(Cl)cnc1C(F)F. The van der Waals surface area contributed by atoms with Crippen molar-refractivity contribution in [2.24, 2.45) is 11.8 Å². The van der Waals surface area contributed by atoms with Gasteiger partial charge in [0.1, 0.15) is 16.9 Å². The molecule has 1 spiro atoms. The number of anilines is 1. The first-order valence-corrected chi connectivity index (χ1v) is 14.2. The molecule has 1 N–H and O–H groups in total. The molecule has 4 aliphatic rings. The van der Waals surface area contributed by atoms with Crippen LogP contribution in [0.1, 0.15) is 73.0 Å². The van der Waals surface area contributed by atoms with Gasteiger partial charge in [-0.05, 0) is 74.1 Å². The molecule has 0 atom stereocenters. The summed E-state index contributed by atoms with van der Waals surface area (Å²) in [6.45, 7) is 1.07. The van der Waals surface area contributed by atoms with Crippen molar-refractivity contribution < 1.29 is 27.6 Å². The second-order valence-corrected chi connectivity index (χ2v) is 12.1. The molecule has 3 amide bonds. The maximum Gasteiger partial charge on any atom is 0.281 e. The number of carbonyl (C=O) groups is 3. The van der Waals surface area contributed by atoms with Crippen molar-refractivity contribution >= 4 is 35.0 Å². The Bertz CT molecular complexity index is 1350. The van der Waals surface area contributed by atoms with Gasteiger partial charge in [-0.2, -0.15) is 0 Å². The van der Waals surface area contributed by atoms with E-state index in [0.717, 1.165) is 24.6 Å². The molecule has 2 aromatic rings. The minimum absolute atomic E-state index is 0.0811. The maximum atomic E-state index is 14.3. The Kier molecular flexibility index (Phi) is 7.01. The minimum atomic E-state index is -2.90. The average molecular weight is 575 g/mol. The molecule has 1 aromatic carbocycles. The van der Waals surface area contributed by atoms with E-state index in [2.05, 4.69) is 10.3 Å². The van der Waals surface area contributed by atoms with Crippen molar-refractivity contribution in [3.05, 3.63) is 58.1 Å². The molecule has 2 aliphatic carbocycles. The van der Waals surface area contributed by atoms with Gasteiger partial charge in [0.15, 0.2) is 0 Å². The fourth-order valence-electron chi connectivity index (χ4n) is 6.40. The van der Waals surface area contributed by atoms with Crippen LogP contribution in [0, 0.1) is 17.7 Å². The van der Waals surface area contributed by atoms with Gasteiger partial charge in [-0.1, -0.05) is 17.7 Å². The summed E-state index contributed by atoms with van der Waals surface area (Å²) in [6, 6.07) is 5.44. The second-order valence-electron chi connectivity index (χ2n) is 11.6. The van der Waals surface area contributed by atoms with E-state index in [1.54, 1.807) is 15.9 Å². The summed E-state index contributed by atoms with van der Waals surface area (Å²) in [7, 11) is 0. The van der Waals surface area contributed by atoms with Gasteiger partial charge in [-0.25, -0.2) is 13.2 Å². The molecule has 1 aromatic heterocycles. The predicted molar refractivity (Wildman–Crippen MR) is 142 cm³/mol. The largest absolute Gasteiger partial charge is 0.349 e. The molecule has 40 heavy (non-hydrogen) atoms. The molecule has 3 fully saturated rings. The van der Waals surface area contributed by atoms with Crippen LogP contribution in [-0.2, 0) is 15.0 Å². The smallest absolute Gasteiger partial charge is 0.281 e. The van der Waals surface area contributed by atoms with Crippen molar-refractivity contribution in [1.29, 1.82) is 0 Å². The number of likely N-dealkylation sites (tertiary alicyclic amines) is 1. The highest BCUT2D eigenvalue weighted by Gasteiger charge is 2.59. The lowest BCUT2D eigenvalue weighted by Crippen LogP contribution is -2.65. The number of fused-ring (bicyclic) bond motifs is 2. The van der Waals surface area contributed by atoms with Gasteiger partial charge in [0.25, 0.3) is 12.3 Å². The Hall–Kier alpha value is -3.14. The number of hydrogen-bond acceptors (Lipinski definition) is 4. The Balaban J connectivity index is 1.09. The lowest BCUT2D eigenvalue weighted by molar-refractivity contribution is -0.144. The summed E-state index contributed by atoms with van der Waals surface area (Å²) in [5.74, 6) is -0.472. The van der Waals surface area contributed by atoms with E-state index in [9.17, 15) is 27.6 Å². The normalized spacial score (nSPS) is 23.4. The van der Waals surface area contributed by atoms with Crippen LogP contribution < -0.4 is 10.2 Å². The molecule has 7 nitrogen and oxygen atoms in total. The minimum Gasteiger partial charge on any atom is -0.349 e. The Morgan fingerprint density at radius 2 is 1.77 bits per heavy atom. The zero-order valence-corrected chi connectivity index (χ0v) is 22.6. The lowest BCUT2D eigenvalue weighted by atomic mass is 9.74. The molecule has 6 rings (SSSR count). The summed E-state index contributed by atoms with van der Waals surface area (Å²) >= 11 is 5.88. The number of aromatic nitrogens is 1. The highest BCUT2D eigenvalue weighted by Crippen LogP contribution is 2.49. The monoisotopic (exact) mass is 574 g/mol. The second kappa shape index (κ2) is 10.4. The van der Waals surface area contributed by atoms with Crippen LogP contribution in [0.2, 0.25) is 5.02 Å². The van der Waals surface area contributed by atoms with Crippen molar-refractivity contribution in [3.63, 3.8) is 0 Å². The molecule has 2 aliphatic heterocycles. The van der Waals surface area contributed by atoms with E-state index in [1.165, 1.54) is 18.2 Å². The van der Waals surface area contributed by atoms with Gasteiger partial charge in [0.2, 0.25) is 11.8 Å². The first-order valence-electron chi connectivity index (χ1n) is 13.8. The van der Waals surface area contributed by atoms with Crippen LogP contribution in [0.25, 0.3) is 0 Å². The van der Waals surface area contributed by atoms with Gasteiger partial charge < -0.3 is 15.1 Å². The Morgan fingerprint density at radius 1 is 1.07 bits per heavy atom. The standard InChI is InChI=1S/C29H30ClF3N4O3/c30-18-10-21(25(26(32)33)34-12-18)27(39)35-20-6-3-17(4-7-20)13-37-23-11-19(31)5-8-22(23)29(28(37)40)14-36(15-29)24(38)9-16-1-2-16/h5,8,10-12,16-17,20,26H,1-4,6-7,9,13-15H2,(H,35,39)/t17-,20-. The number of rotatable bonds is 7. The zero-order chi connectivity index (χ0) is 28.2.